The van der Waals surface area contributed by atoms with Gasteiger partial charge < -0.3 is 15.0 Å². The first-order valence-electron chi connectivity index (χ1n) is 10.2. The molecule has 0 unspecified atom stereocenters. The molecule has 0 aliphatic rings. The van der Waals surface area contributed by atoms with E-state index in [0.717, 1.165) is 6.42 Å². The van der Waals surface area contributed by atoms with Crippen molar-refractivity contribution in [3.63, 3.8) is 0 Å². The Morgan fingerprint density at radius 1 is 1.10 bits per heavy atom. The molecule has 8 heteroatoms. The van der Waals surface area contributed by atoms with E-state index in [-0.39, 0.29) is 41.8 Å². The van der Waals surface area contributed by atoms with Crippen LogP contribution in [0.15, 0.2) is 42.5 Å². The summed E-state index contributed by atoms with van der Waals surface area (Å²) in [5.41, 5.74) is 0.703. The van der Waals surface area contributed by atoms with Crippen molar-refractivity contribution in [3.8, 4) is 5.75 Å². The van der Waals surface area contributed by atoms with Crippen LogP contribution < -0.4 is 10.1 Å². The van der Waals surface area contributed by atoms with E-state index in [2.05, 4.69) is 5.32 Å². The van der Waals surface area contributed by atoms with Crippen LogP contribution >= 0.6 is 23.2 Å². The number of halogens is 3. The number of nitrogens with one attached hydrogen (secondary N) is 1. The number of carbonyl (C=O) groups is 2. The quantitative estimate of drug-likeness (QED) is 0.518. The van der Waals surface area contributed by atoms with Gasteiger partial charge in [0.05, 0.1) is 5.02 Å². The lowest BCUT2D eigenvalue weighted by Crippen LogP contribution is -2.51. The summed E-state index contributed by atoms with van der Waals surface area (Å²) in [5.74, 6) is -0.680. The second-order valence-corrected chi connectivity index (χ2v) is 8.10. The number of amides is 2. The summed E-state index contributed by atoms with van der Waals surface area (Å²) < 4.78 is 18.9. The molecular formula is C23H27Cl2FN2O3. The highest BCUT2D eigenvalue weighted by molar-refractivity contribution is 6.35. The number of rotatable bonds is 10. The van der Waals surface area contributed by atoms with Crippen molar-refractivity contribution in [1.82, 2.24) is 10.2 Å². The van der Waals surface area contributed by atoms with Gasteiger partial charge in [-0.05, 0) is 55.7 Å². The summed E-state index contributed by atoms with van der Waals surface area (Å²) in [6, 6.07) is 9.81. The minimum Gasteiger partial charge on any atom is -0.482 e. The molecule has 0 heterocycles. The van der Waals surface area contributed by atoms with E-state index in [1.165, 1.54) is 23.1 Å². The van der Waals surface area contributed by atoms with Gasteiger partial charge in [-0.3, -0.25) is 9.59 Å². The van der Waals surface area contributed by atoms with E-state index < -0.39 is 6.04 Å². The molecule has 0 aliphatic carbocycles. The number of hydrogen-bond acceptors (Lipinski definition) is 3. The average molecular weight is 469 g/mol. The lowest BCUT2D eigenvalue weighted by Gasteiger charge is -2.31. The zero-order chi connectivity index (χ0) is 23.0. The molecule has 0 saturated heterocycles. The zero-order valence-electron chi connectivity index (χ0n) is 17.8. The van der Waals surface area contributed by atoms with Gasteiger partial charge in [0.15, 0.2) is 6.61 Å². The molecule has 5 nitrogen and oxygen atoms in total. The van der Waals surface area contributed by atoms with Gasteiger partial charge >= 0.3 is 0 Å². The fourth-order valence-electron chi connectivity index (χ4n) is 2.96. The molecule has 0 radical (unpaired) electrons. The first-order valence-corrected chi connectivity index (χ1v) is 10.9. The van der Waals surface area contributed by atoms with Gasteiger partial charge in [0.25, 0.3) is 5.91 Å². The van der Waals surface area contributed by atoms with E-state index in [0.29, 0.717) is 22.8 Å². The maximum atomic E-state index is 13.3. The Hall–Kier alpha value is -2.31. The van der Waals surface area contributed by atoms with E-state index >= 15 is 0 Å². The van der Waals surface area contributed by atoms with Crippen LogP contribution in [0.1, 0.15) is 39.2 Å². The van der Waals surface area contributed by atoms with E-state index in [1.54, 1.807) is 24.3 Å². The maximum Gasteiger partial charge on any atom is 0.261 e. The fourth-order valence-corrected chi connectivity index (χ4v) is 3.42. The SMILES string of the molecule is CC[C@H](C)NC(=O)[C@H](CC)N(Cc1ccc(F)cc1)C(=O)COc1ccc(Cl)cc1Cl. The van der Waals surface area contributed by atoms with Crippen molar-refractivity contribution < 1.29 is 18.7 Å². The van der Waals surface area contributed by atoms with Crippen LogP contribution in [-0.2, 0) is 16.1 Å². The summed E-state index contributed by atoms with van der Waals surface area (Å²) >= 11 is 12.0. The Morgan fingerprint density at radius 2 is 1.77 bits per heavy atom. The van der Waals surface area contributed by atoms with Crippen molar-refractivity contribution >= 4 is 35.0 Å². The van der Waals surface area contributed by atoms with Gasteiger partial charge in [0.2, 0.25) is 5.91 Å². The lowest BCUT2D eigenvalue weighted by molar-refractivity contribution is -0.143. The molecule has 0 spiro atoms. The van der Waals surface area contributed by atoms with Crippen LogP contribution in [0.25, 0.3) is 0 Å². The molecule has 2 aromatic carbocycles. The largest absolute Gasteiger partial charge is 0.482 e. The number of hydrogen-bond donors (Lipinski definition) is 1. The third-order valence-corrected chi connectivity index (χ3v) is 5.43. The van der Waals surface area contributed by atoms with E-state index in [4.69, 9.17) is 27.9 Å². The van der Waals surface area contributed by atoms with Gasteiger partial charge in [-0.25, -0.2) is 4.39 Å². The molecule has 0 bridgehead atoms. The molecule has 2 amide bonds. The van der Waals surface area contributed by atoms with Crippen LogP contribution in [-0.4, -0.2) is 35.4 Å². The Balaban J connectivity index is 2.22. The summed E-state index contributed by atoms with van der Waals surface area (Å²) in [6.07, 6.45) is 1.18. The molecule has 31 heavy (non-hydrogen) atoms. The van der Waals surface area contributed by atoms with Crippen molar-refractivity contribution in [1.29, 1.82) is 0 Å². The molecule has 2 aromatic rings. The summed E-state index contributed by atoms with van der Waals surface area (Å²) in [7, 11) is 0. The summed E-state index contributed by atoms with van der Waals surface area (Å²) in [6.45, 7) is 5.54. The molecule has 168 valence electrons. The fraction of sp³-hybridized carbons (Fsp3) is 0.391. The topological polar surface area (TPSA) is 58.6 Å². The molecule has 0 aliphatic heterocycles. The summed E-state index contributed by atoms with van der Waals surface area (Å²) in [5, 5.41) is 3.67. The normalized spacial score (nSPS) is 12.7. The second-order valence-electron chi connectivity index (χ2n) is 7.25. The highest BCUT2D eigenvalue weighted by atomic mass is 35.5. The smallest absolute Gasteiger partial charge is 0.261 e. The van der Waals surface area contributed by atoms with E-state index in [9.17, 15) is 14.0 Å². The van der Waals surface area contributed by atoms with Gasteiger partial charge in [-0.1, -0.05) is 49.2 Å². The number of carbonyl (C=O) groups excluding carboxylic acids is 2. The monoisotopic (exact) mass is 468 g/mol. The summed E-state index contributed by atoms with van der Waals surface area (Å²) in [4.78, 5) is 27.4. The van der Waals surface area contributed by atoms with Crippen LogP contribution in [0, 0.1) is 5.82 Å². The van der Waals surface area contributed by atoms with Gasteiger partial charge in [0.1, 0.15) is 17.6 Å². The Labute approximate surface area is 192 Å². The van der Waals surface area contributed by atoms with Crippen LogP contribution in [0.5, 0.6) is 5.75 Å². The van der Waals surface area contributed by atoms with Crippen molar-refractivity contribution in [2.75, 3.05) is 6.61 Å². The Kier molecular flexibility index (Phi) is 9.59. The average Bonchev–Trinajstić information content (AvgIpc) is 2.74. The van der Waals surface area contributed by atoms with Gasteiger partial charge in [-0.2, -0.15) is 0 Å². The molecule has 0 fully saturated rings. The van der Waals surface area contributed by atoms with Crippen molar-refractivity contribution in [2.45, 2.75) is 52.2 Å². The first-order chi connectivity index (χ1) is 14.7. The number of nitrogens with zero attached hydrogens (tertiary/aromatic N) is 1. The predicted octanol–water partition coefficient (Wildman–Crippen LogP) is 5.23. The number of benzene rings is 2. The standard InChI is InChI=1S/C23H27Cl2FN2O3/c1-4-15(3)27-23(30)20(5-2)28(13-16-6-9-18(26)10-7-16)22(29)14-31-21-11-8-17(24)12-19(21)25/h6-12,15,20H,4-5,13-14H2,1-3H3,(H,27,30)/t15-,20-/m0/s1. The minimum atomic E-state index is -0.698. The molecule has 2 rings (SSSR count). The molecule has 0 aromatic heterocycles. The molecule has 0 saturated carbocycles. The molecular weight excluding hydrogens is 442 g/mol. The lowest BCUT2D eigenvalue weighted by atomic mass is 10.1. The highest BCUT2D eigenvalue weighted by Crippen LogP contribution is 2.27. The van der Waals surface area contributed by atoms with Crippen molar-refractivity contribution in [3.05, 3.63) is 63.9 Å². The Bertz CT molecular complexity index is 893. The van der Waals surface area contributed by atoms with Crippen LogP contribution in [0.3, 0.4) is 0 Å². The number of ether oxygens (including phenoxy) is 1. The predicted molar refractivity (Wildman–Crippen MR) is 121 cm³/mol. The second kappa shape index (κ2) is 11.9. The van der Waals surface area contributed by atoms with Crippen molar-refractivity contribution in [2.24, 2.45) is 0 Å². The van der Waals surface area contributed by atoms with Gasteiger partial charge in [0, 0.05) is 17.6 Å². The van der Waals surface area contributed by atoms with E-state index in [1.807, 2.05) is 20.8 Å². The first kappa shape index (κ1) is 25.0. The third kappa shape index (κ3) is 7.40. The van der Waals surface area contributed by atoms with Crippen LogP contribution in [0.4, 0.5) is 4.39 Å². The van der Waals surface area contributed by atoms with Crippen LogP contribution in [0.2, 0.25) is 10.0 Å². The minimum absolute atomic E-state index is 0.0200. The highest BCUT2D eigenvalue weighted by Gasteiger charge is 2.29. The zero-order valence-corrected chi connectivity index (χ0v) is 19.3. The maximum absolute atomic E-state index is 13.3. The third-order valence-electron chi connectivity index (χ3n) is 4.90. The van der Waals surface area contributed by atoms with Gasteiger partial charge in [-0.15, -0.1) is 0 Å². The Morgan fingerprint density at radius 3 is 2.35 bits per heavy atom. The molecule has 2 atom stereocenters. The molecule has 1 N–H and O–H groups in total.